The standard InChI is InChI=1S/C15H20FN3/c1-15(5-7-19(2)8-6-15)11-18-14-4-3-12(10-17)9-13(14)16/h3-4,9,18H,5-8,11H2,1-2H3. The number of hydrogen-bond acceptors (Lipinski definition) is 3. The Labute approximate surface area is 114 Å². The molecule has 1 aliphatic heterocycles. The molecule has 1 aromatic carbocycles. The number of rotatable bonds is 3. The van der Waals surface area contributed by atoms with E-state index in [-0.39, 0.29) is 11.2 Å². The number of hydrogen-bond donors (Lipinski definition) is 1. The summed E-state index contributed by atoms with van der Waals surface area (Å²) in [5.74, 6) is -0.351. The van der Waals surface area contributed by atoms with Crippen LogP contribution in [0.1, 0.15) is 25.3 Å². The number of nitrogens with one attached hydrogen (secondary N) is 1. The lowest BCUT2D eigenvalue weighted by Gasteiger charge is -2.38. The second-order valence-corrected chi connectivity index (χ2v) is 5.77. The molecule has 0 atom stereocenters. The molecular formula is C15H20FN3. The van der Waals surface area contributed by atoms with Crippen molar-refractivity contribution in [1.29, 1.82) is 5.26 Å². The Bertz CT molecular complexity index is 485. The SMILES string of the molecule is CN1CCC(C)(CNc2ccc(C#N)cc2F)CC1. The van der Waals surface area contributed by atoms with Crippen molar-refractivity contribution in [2.45, 2.75) is 19.8 Å². The van der Waals surface area contributed by atoms with Crippen molar-refractivity contribution in [1.82, 2.24) is 4.90 Å². The van der Waals surface area contributed by atoms with E-state index in [0.717, 1.165) is 32.5 Å². The molecule has 0 aliphatic carbocycles. The normalized spacial score (nSPS) is 18.8. The number of halogens is 1. The van der Waals surface area contributed by atoms with E-state index in [9.17, 15) is 4.39 Å². The van der Waals surface area contributed by atoms with Gasteiger partial charge in [0.1, 0.15) is 5.82 Å². The topological polar surface area (TPSA) is 39.1 Å². The molecule has 0 spiro atoms. The highest BCUT2D eigenvalue weighted by Gasteiger charge is 2.28. The highest BCUT2D eigenvalue weighted by Crippen LogP contribution is 2.31. The van der Waals surface area contributed by atoms with Gasteiger partial charge < -0.3 is 10.2 Å². The summed E-state index contributed by atoms with van der Waals surface area (Å²) < 4.78 is 13.8. The van der Waals surface area contributed by atoms with Crippen molar-refractivity contribution in [3.63, 3.8) is 0 Å². The Balaban J connectivity index is 1.97. The highest BCUT2D eigenvalue weighted by atomic mass is 19.1. The number of likely N-dealkylation sites (tertiary alicyclic amines) is 1. The second-order valence-electron chi connectivity index (χ2n) is 5.77. The van der Waals surface area contributed by atoms with Gasteiger partial charge in [0, 0.05) is 6.54 Å². The molecule has 1 aromatic rings. The first-order valence-electron chi connectivity index (χ1n) is 6.64. The number of piperidine rings is 1. The minimum absolute atomic E-state index is 0.215. The summed E-state index contributed by atoms with van der Waals surface area (Å²) in [7, 11) is 2.13. The van der Waals surface area contributed by atoms with Crippen molar-refractivity contribution in [2.75, 3.05) is 32.0 Å². The third kappa shape index (κ3) is 3.45. The molecule has 0 saturated carbocycles. The summed E-state index contributed by atoms with van der Waals surface area (Å²) in [5, 5.41) is 11.9. The van der Waals surface area contributed by atoms with Crippen molar-refractivity contribution in [2.24, 2.45) is 5.41 Å². The van der Waals surface area contributed by atoms with E-state index in [1.54, 1.807) is 12.1 Å². The van der Waals surface area contributed by atoms with Crippen LogP contribution in [0.2, 0.25) is 0 Å². The minimum atomic E-state index is -0.351. The molecule has 1 heterocycles. The molecule has 0 radical (unpaired) electrons. The number of nitriles is 1. The second kappa shape index (κ2) is 5.58. The van der Waals surface area contributed by atoms with Crippen LogP contribution in [-0.2, 0) is 0 Å². The van der Waals surface area contributed by atoms with E-state index in [4.69, 9.17) is 5.26 Å². The van der Waals surface area contributed by atoms with Gasteiger partial charge in [0.2, 0.25) is 0 Å². The van der Waals surface area contributed by atoms with Crippen molar-refractivity contribution < 1.29 is 4.39 Å². The summed E-state index contributed by atoms with van der Waals surface area (Å²) in [6, 6.07) is 6.50. The van der Waals surface area contributed by atoms with Crippen LogP contribution >= 0.6 is 0 Å². The average Bonchev–Trinajstić information content (AvgIpc) is 2.41. The summed E-state index contributed by atoms with van der Waals surface area (Å²) >= 11 is 0. The van der Waals surface area contributed by atoms with E-state index >= 15 is 0 Å². The van der Waals surface area contributed by atoms with E-state index in [2.05, 4.69) is 24.2 Å². The lowest BCUT2D eigenvalue weighted by Crippen LogP contribution is -2.40. The molecule has 1 aliphatic rings. The summed E-state index contributed by atoms with van der Waals surface area (Å²) in [4.78, 5) is 2.32. The largest absolute Gasteiger partial charge is 0.382 e. The molecule has 102 valence electrons. The van der Waals surface area contributed by atoms with Crippen LogP contribution in [0.3, 0.4) is 0 Å². The van der Waals surface area contributed by atoms with Crippen LogP contribution in [0.5, 0.6) is 0 Å². The van der Waals surface area contributed by atoms with Gasteiger partial charge in [0.25, 0.3) is 0 Å². The molecule has 1 saturated heterocycles. The molecule has 1 N–H and O–H groups in total. The zero-order chi connectivity index (χ0) is 13.9. The van der Waals surface area contributed by atoms with Gasteiger partial charge in [-0.25, -0.2) is 4.39 Å². The molecule has 2 rings (SSSR count). The van der Waals surface area contributed by atoms with Gasteiger partial charge in [-0.2, -0.15) is 5.26 Å². The molecule has 19 heavy (non-hydrogen) atoms. The minimum Gasteiger partial charge on any atom is -0.382 e. The van der Waals surface area contributed by atoms with E-state index in [0.29, 0.717) is 11.3 Å². The van der Waals surface area contributed by atoms with Crippen LogP contribution in [0.15, 0.2) is 18.2 Å². The number of anilines is 1. The lowest BCUT2D eigenvalue weighted by atomic mass is 9.80. The van der Waals surface area contributed by atoms with Crippen LogP contribution in [0.25, 0.3) is 0 Å². The van der Waals surface area contributed by atoms with Gasteiger partial charge >= 0.3 is 0 Å². The Morgan fingerprint density at radius 1 is 1.42 bits per heavy atom. The van der Waals surface area contributed by atoms with Crippen LogP contribution < -0.4 is 5.32 Å². The van der Waals surface area contributed by atoms with Gasteiger partial charge in [-0.15, -0.1) is 0 Å². The molecule has 0 unspecified atom stereocenters. The number of nitrogens with zero attached hydrogens (tertiary/aromatic N) is 2. The molecule has 4 heteroatoms. The zero-order valence-corrected chi connectivity index (χ0v) is 11.5. The fourth-order valence-electron chi connectivity index (χ4n) is 2.37. The Hall–Kier alpha value is -1.60. The molecule has 0 amide bonds. The molecule has 0 bridgehead atoms. The fraction of sp³-hybridized carbons (Fsp3) is 0.533. The van der Waals surface area contributed by atoms with Gasteiger partial charge in [-0.05, 0) is 56.6 Å². The van der Waals surface area contributed by atoms with E-state index in [1.807, 2.05) is 6.07 Å². The first-order valence-corrected chi connectivity index (χ1v) is 6.64. The summed E-state index contributed by atoms with van der Waals surface area (Å²) in [5.41, 5.74) is 1.06. The monoisotopic (exact) mass is 261 g/mol. The maximum atomic E-state index is 13.8. The van der Waals surface area contributed by atoms with Gasteiger partial charge in [0.15, 0.2) is 0 Å². The Morgan fingerprint density at radius 3 is 2.68 bits per heavy atom. The van der Waals surface area contributed by atoms with Crippen molar-refractivity contribution in [3.05, 3.63) is 29.6 Å². The van der Waals surface area contributed by atoms with Crippen LogP contribution in [-0.4, -0.2) is 31.6 Å². The maximum absolute atomic E-state index is 13.8. The predicted octanol–water partition coefficient (Wildman–Crippen LogP) is 2.84. The summed E-state index contributed by atoms with van der Waals surface area (Å²) in [6.45, 7) is 5.19. The molecule has 3 nitrogen and oxygen atoms in total. The lowest BCUT2D eigenvalue weighted by molar-refractivity contribution is 0.150. The van der Waals surface area contributed by atoms with Gasteiger partial charge in [-0.3, -0.25) is 0 Å². The Kier molecular flexibility index (Phi) is 4.06. The van der Waals surface area contributed by atoms with Gasteiger partial charge in [0.05, 0.1) is 17.3 Å². The Morgan fingerprint density at radius 2 is 2.11 bits per heavy atom. The first kappa shape index (κ1) is 13.8. The molecule has 0 aromatic heterocycles. The van der Waals surface area contributed by atoms with Gasteiger partial charge in [-0.1, -0.05) is 6.92 Å². The van der Waals surface area contributed by atoms with Crippen molar-refractivity contribution in [3.8, 4) is 6.07 Å². The van der Waals surface area contributed by atoms with E-state index < -0.39 is 0 Å². The number of benzene rings is 1. The predicted molar refractivity (Wildman–Crippen MR) is 74.4 cm³/mol. The first-order chi connectivity index (χ1) is 9.02. The van der Waals surface area contributed by atoms with Crippen molar-refractivity contribution >= 4 is 5.69 Å². The molecular weight excluding hydrogens is 241 g/mol. The van der Waals surface area contributed by atoms with Crippen LogP contribution in [0.4, 0.5) is 10.1 Å². The average molecular weight is 261 g/mol. The zero-order valence-electron chi connectivity index (χ0n) is 11.5. The molecule has 1 fully saturated rings. The summed E-state index contributed by atoms with van der Waals surface area (Å²) in [6.07, 6.45) is 2.24. The third-order valence-corrected chi connectivity index (χ3v) is 4.00. The maximum Gasteiger partial charge on any atom is 0.147 e. The third-order valence-electron chi connectivity index (χ3n) is 4.00. The van der Waals surface area contributed by atoms with E-state index in [1.165, 1.54) is 6.07 Å². The fourth-order valence-corrected chi connectivity index (χ4v) is 2.37. The quantitative estimate of drug-likeness (QED) is 0.909. The van der Waals surface area contributed by atoms with Crippen LogP contribution in [0, 0.1) is 22.6 Å². The highest BCUT2D eigenvalue weighted by molar-refractivity contribution is 5.48. The smallest absolute Gasteiger partial charge is 0.147 e.